The fourth-order valence-electron chi connectivity index (χ4n) is 3.32. The number of ether oxygens (including phenoxy) is 3. The number of carbonyl (C=O) groups excluding carboxylic acids is 1. The molecule has 0 atom stereocenters. The van der Waals surface area contributed by atoms with E-state index in [1.807, 2.05) is 6.92 Å². The van der Waals surface area contributed by atoms with Gasteiger partial charge in [0.2, 0.25) is 0 Å². The van der Waals surface area contributed by atoms with Crippen molar-refractivity contribution in [3.63, 3.8) is 0 Å². The van der Waals surface area contributed by atoms with E-state index in [-0.39, 0.29) is 17.4 Å². The quantitative estimate of drug-likeness (QED) is 0.510. The number of amides is 1. The minimum atomic E-state index is -3.77. The SMILES string of the molecule is CCOc1ccc(NS(=O)(=O)c2ccc(OCC(=O)NCCN3CCOCC3)c(C)c2)cc1. The molecule has 2 N–H and O–H groups in total. The second-order valence-electron chi connectivity index (χ2n) is 7.58. The molecular weight excluding hydrogens is 446 g/mol. The number of nitrogens with zero attached hydrogens (tertiary/aromatic N) is 1. The lowest BCUT2D eigenvalue weighted by molar-refractivity contribution is -0.123. The fraction of sp³-hybridized carbons (Fsp3) is 0.435. The van der Waals surface area contributed by atoms with Crippen LogP contribution in [0.1, 0.15) is 12.5 Å². The molecule has 0 spiro atoms. The zero-order chi connectivity index (χ0) is 23.7. The van der Waals surface area contributed by atoms with Gasteiger partial charge < -0.3 is 19.5 Å². The van der Waals surface area contributed by atoms with Crippen LogP contribution < -0.4 is 19.5 Å². The molecule has 9 nitrogen and oxygen atoms in total. The van der Waals surface area contributed by atoms with Gasteiger partial charge in [-0.15, -0.1) is 0 Å². The maximum Gasteiger partial charge on any atom is 0.261 e. The van der Waals surface area contributed by atoms with Crippen molar-refractivity contribution < 1.29 is 27.4 Å². The summed E-state index contributed by atoms with van der Waals surface area (Å²) in [5.74, 6) is 0.901. The third kappa shape index (κ3) is 7.62. The maximum atomic E-state index is 12.7. The van der Waals surface area contributed by atoms with Gasteiger partial charge in [0.25, 0.3) is 15.9 Å². The third-order valence-electron chi connectivity index (χ3n) is 5.09. The first-order chi connectivity index (χ1) is 15.9. The van der Waals surface area contributed by atoms with E-state index < -0.39 is 10.0 Å². The molecule has 33 heavy (non-hydrogen) atoms. The number of carbonyl (C=O) groups is 1. The van der Waals surface area contributed by atoms with Gasteiger partial charge in [-0.25, -0.2) is 8.42 Å². The molecule has 1 aliphatic rings. The number of rotatable bonds is 11. The summed E-state index contributed by atoms with van der Waals surface area (Å²) in [6, 6.07) is 11.2. The van der Waals surface area contributed by atoms with Crippen molar-refractivity contribution in [2.45, 2.75) is 18.7 Å². The highest BCUT2D eigenvalue weighted by Crippen LogP contribution is 2.24. The van der Waals surface area contributed by atoms with Crippen LogP contribution in [0.2, 0.25) is 0 Å². The number of benzene rings is 2. The molecular formula is C23H31N3O6S. The summed E-state index contributed by atoms with van der Waals surface area (Å²) in [6.07, 6.45) is 0. The molecule has 0 saturated carbocycles. The van der Waals surface area contributed by atoms with Crippen molar-refractivity contribution in [2.75, 3.05) is 57.3 Å². The standard InChI is InChI=1S/C23H31N3O6S/c1-3-31-20-6-4-19(5-7-20)25-33(28,29)21-8-9-22(18(2)16-21)32-17-23(27)24-10-11-26-12-14-30-15-13-26/h4-9,16,25H,3,10-15,17H2,1-2H3,(H,24,27). The minimum absolute atomic E-state index is 0.108. The number of nitrogens with one attached hydrogen (secondary N) is 2. The average molecular weight is 478 g/mol. The van der Waals surface area contributed by atoms with Crippen LogP contribution in [0.15, 0.2) is 47.4 Å². The first-order valence-corrected chi connectivity index (χ1v) is 12.4. The van der Waals surface area contributed by atoms with Crippen LogP contribution in [0, 0.1) is 6.92 Å². The Morgan fingerprint density at radius 2 is 1.82 bits per heavy atom. The molecule has 2 aromatic carbocycles. The number of hydrogen-bond acceptors (Lipinski definition) is 7. The molecule has 3 rings (SSSR count). The summed E-state index contributed by atoms with van der Waals surface area (Å²) in [4.78, 5) is 14.4. The first-order valence-electron chi connectivity index (χ1n) is 10.9. The Kier molecular flexibility index (Phi) is 8.93. The summed E-state index contributed by atoms with van der Waals surface area (Å²) in [7, 11) is -3.77. The monoisotopic (exact) mass is 477 g/mol. The van der Waals surface area contributed by atoms with Gasteiger partial charge in [-0.3, -0.25) is 14.4 Å². The van der Waals surface area contributed by atoms with Crippen molar-refractivity contribution in [3.8, 4) is 11.5 Å². The smallest absolute Gasteiger partial charge is 0.261 e. The Labute approximate surface area is 195 Å². The minimum Gasteiger partial charge on any atom is -0.494 e. The predicted molar refractivity (Wildman–Crippen MR) is 125 cm³/mol. The van der Waals surface area contributed by atoms with Gasteiger partial charge in [0.05, 0.1) is 24.7 Å². The van der Waals surface area contributed by atoms with Gasteiger partial charge in [-0.1, -0.05) is 0 Å². The summed E-state index contributed by atoms with van der Waals surface area (Å²) in [5, 5.41) is 2.83. The van der Waals surface area contributed by atoms with E-state index in [1.165, 1.54) is 12.1 Å². The van der Waals surface area contributed by atoms with E-state index >= 15 is 0 Å². The molecule has 1 amide bonds. The second kappa shape index (κ2) is 11.9. The number of hydrogen-bond donors (Lipinski definition) is 2. The van der Waals surface area contributed by atoms with Gasteiger partial charge in [0.15, 0.2) is 6.61 Å². The second-order valence-corrected chi connectivity index (χ2v) is 9.27. The average Bonchev–Trinajstić information content (AvgIpc) is 2.80. The molecule has 0 radical (unpaired) electrons. The van der Waals surface area contributed by atoms with Crippen LogP contribution in [0.5, 0.6) is 11.5 Å². The molecule has 10 heteroatoms. The number of aryl methyl sites for hydroxylation is 1. The van der Waals surface area contributed by atoms with Crippen LogP contribution in [-0.4, -0.2) is 71.8 Å². The fourth-order valence-corrected chi connectivity index (χ4v) is 4.47. The molecule has 0 bridgehead atoms. The topological polar surface area (TPSA) is 106 Å². The van der Waals surface area contributed by atoms with Crippen molar-refractivity contribution in [2.24, 2.45) is 0 Å². The van der Waals surface area contributed by atoms with E-state index in [0.717, 1.165) is 32.8 Å². The molecule has 1 heterocycles. The molecule has 180 valence electrons. The summed E-state index contributed by atoms with van der Waals surface area (Å²) in [5.41, 5.74) is 1.05. The molecule has 1 fully saturated rings. The van der Waals surface area contributed by atoms with Crippen molar-refractivity contribution in [1.82, 2.24) is 10.2 Å². The lowest BCUT2D eigenvalue weighted by Gasteiger charge is -2.26. The molecule has 0 aliphatic carbocycles. The van der Waals surface area contributed by atoms with Crippen molar-refractivity contribution in [1.29, 1.82) is 0 Å². The van der Waals surface area contributed by atoms with Gasteiger partial charge in [0, 0.05) is 31.9 Å². The highest BCUT2D eigenvalue weighted by atomic mass is 32.2. The molecule has 1 saturated heterocycles. The maximum absolute atomic E-state index is 12.7. The summed E-state index contributed by atoms with van der Waals surface area (Å²) < 4.78 is 44.3. The van der Waals surface area contributed by atoms with Crippen molar-refractivity contribution in [3.05, 3.63) is 48.0 Å². The molecule has 0 unspecified atom stereocenters. The Bertz CT molecular complexity index is 1020. The zero-order valence-electron chi connectivity index (χ0n) is 19.0. The van der Waals surface area contributed by atoms with Crippen molar-refractivity contribution >= 4 is 21.6 Å². The van der Waals surface area contributed by atoms with Gasteiger partial charge in [-0.2, -0.15) is 0 Å². The predicted octanol–water partition coefficient (Wildman–Crippen LogP) is 2.02. The van der Waals surface area contributed by atoms with Crippen LogP contribution in [0.3, 0.4) is 0 Å². The Morgan fingerprint density at radius 1 is 1.09 bits per heavy atom. The van der Waals surface area contributed by atoms with E-state index in [9.17, 15) is 13.2 Å². The van der Waals surface area contributed by atoms with Gasteiger partial charge in [0.1, 0.15) is 11.5 Å². The van der Waals surface area contributed by atoms with Crippen LogP contribution in [-0.2, 0) is 19.6 Å². The normalized spacial score (nSPS) is 14.5. The number of anilines is 1. The Balaban J connectivity index is 1.50. The van der Waals surface area contributed by atoms with E-state index in [1.54, 1.807) is 37.3 Å². The molecule has 1 aliphatic heterocycles. The lowest BCUT2D eigenvalue weighted by atomic mass is 10.2. The lowest BCUT2D eigenvalue weighted by Crippen LogP contribution is -2.42. The number of sulfonamides is 1. The number of morpholine rings is 1. The van der Waals surface area contributed by atoms with E-state index in [2.05, 4.69) is 14.9 Å². The van der Waals surface area contributed by atoms with Gasteiger partial charge >= 0.3 is 0 Å². The van der Waals surface area contributed by atoms with Crippen LogP contribution in [0.4, 0.5) is 5.69 Å². The van der Waals surface area contributed by atoms with Crippen LogP contribution in [0.25, 0.3) is 0 Å². The van der Waals surface area contributed by atoms with E-state index in [4.69, 9.17) is 14.2 Å². The first kappa shape index (κ1) is 24.8. The Hall–Kier alpha value is -2.82. The Morgan fingerprint density at radius 3 is 2.48 bits per heavy atom. The zero-order valence-corrected chi connectivity index (χ0v) is 19.8. The third-order valence-corrected chi connectivity index (χ3v) is 6.47. The highest BCUT2D eigenvalue weighted by molar-refractivity contribution is 7.92. The van der Waals surface area contributed by atoms with Gasteiger partial charge in [-0.05, 0) is 61.9 Å². The highest BCUT2D eigenvalue weighted by Gasteiger charge is 2.16. The van der Waals surface area contributed by atoms with E-state index in [0.29, 0.717) is 35.9 Å². The molecule has 2 aromatic rings. The molecule has 0 aromatic heterocycles. The summed E-state index contributed by atoms with van der Waals surface area (Å²) in [6.45, 7) is 8.50. The summed E-state index contributed by atoms with van der Waals surface area (Å²) >= 11 is 0. The van der Waals surface area contributed by atoms with Crippen LogP contribution >= 0.6 is 0 Å². The largest absolute Gasteiger partial charge is 0.494 e.